The maximum atomic E-state index is 13.0. The van der Waals surface area contributed by atoms with Gasteiger partial charge in [0.25, 0.3) is 5.91 Å². The highest BCUT2D eigenvalue weighted by Gasteiger charge is 2.34. The van der Waals surface area contributed by atoms with E-state index in [0.29, 0.717) is 40.6 Å². The molecule has 6 nitrogen and oxygen atoms in total. The van der Waals surface area contributed by atoms with Crippen molar-refractivity contribution in [3.63, 3.8) is 0 Å². The Hall–Kier alpha value is -2.34. The molecule has 1 unspecified atom stereocenters. The van der Waals surface area contributed by atoms with Crippen molar-refractivity contribution in [2.24, 2.45) is 0 Å². The zero-order chi connectivity index (χ0) is 17.3. The first-order valence-corrected chi connectivity index (χ1v) is 8.10. The molecule has 1 saturated heterocycles. The number of hydrogen-bond donors (Lipinski definition) is 1. The Bertz CT molecular complexity index is 787. The number of aryl methyl sites for hydroxylation is 1. The second-order valence-corrected chi connectivity index (χ2v) is 6.24. The van der Waals surface area contributed by atoms with Crippen LogP contribution in [0.2, 0.25) is 5.02 Å². The summed E-state index contributed by atoms with van der Waals surface area (Å²) in [5, 5.41) is 13.5. The van der Waals surface area contributed by atoms with E-state index in [1.807, 2.05) is 6.07 Å². The first kappa shape index (κ1) is 16.5. The highest BCUT2D eigenvalue weighted by atomic mass is 35.5. The Balaban J connectivity index is 1.98. The summed E-state index contributed by atoms with van der Waals surface area (Å²) in [7, 11) is 0. The summed E-state index contributed by atoms with van der Waals surface area (Å²) < 4.78 is 5.23. The monoisotopic (exact) mass is 348 g/mol. The maximum Gasteiger partial charge on any atom is 0.305 e. The van der Waals surface area contributed by atoms with E-state index < -0.39 is 5.97 Å². The van der Waals surface area contributed by atoms with E-state index in [9.17, 15) is 9.59 Å². The Morgan fingerprint density at radius 1 is 1.42 bits per heavy atom. The Labute approximate surface area is 144 Å². The standard InChI is InChI=1S/C17H17ClN2O4/c1-10-15(16(19-24-10)12-6-2-3-7-13(12)18)17(23)20-8-4-5-11(20)9-14(21)22/h2-3,6-7,11H,4-5,8-9H2,1H3,(H,21,22). The zero-order valence-corrected chi connectivity index (χ0v) is 13.9. The molecule has 3 rings (SSSR count). The molecule has 7 heteroatoms. The predicted molar refractivity (Wildman–Crippen MR) is 88.0 cm³/mol. The molecule has 1 aliphatic heterocycles. The Kier molecular flexibility index (Phi) is 4.57. The largest absolute Gasteiger partial charge is 0.481 e. The van der Waals surface area contributed by atoms with E-state index >= 15 is 0 Å². The van der Waals surface area contributed by atoms with Crippen LogP contribution in [-0.2, 0) is 4.79 Å². The fourth-order valence-electron chi connectivity index (χ4n) is 3.12. The van der Waals surface area contributed by atoms with Gasteiger partial charge >= 0.3 is 5.97 Å². The molecule has 1 fully saturated rings. The molecule has 1 N–H and O–H groups in total. The van der Waals surface area contributed by atoms with Crippen molar-refractivity contribution in [3.8, 4) is 11.3 Å². The van der Waals surface area contributed by atoms with Gasteiger partial charge in [0.05, 0.1) is 11.4 Å². The fraction of sp³-hybridized carbons (Fsp3) is 0.353. The minimum atomic E-state index is -0.909. The number of nitrogens with zero attached hydrogens (tertiary/aromatic N) is 2. The van der Waals surface area contributed by atoms with Gasteiger partial charge in [-0.3, -0.25) is 9.59 Å². The van der Waals surface area contributed by atoms with Crippen LogP contribution in [-0.4, -0.2) is 39.6 Å². The molecule has 0 spiro atoms. The number of rotatable bonds is 4. The van der Waals surface area contributed by atoms with Crippen molar-refractivity contribution < 1.29 is 19.2 Å². The second-order valence-electron chi connectivity index (χ2n) is 5.83. The molecule has 2 aromatic rings. The fourth-order valence-corrected chi connectivity index (χ4v) is 3.35. The van der Waals surface area contributed by atoms with Crippen molar-refractivity contribution in [1.29, 1.82) is 0 Å². The van der Waals surface area contributed by atoms with E-state index in [2.05, 4.69) is 5.16 Å². The molecule has 24 heavy (non-hydrogen) atoms. The number of carboxylic acids is 1. The van der Waals surface area contributed by atoms with Gasteiger partial charge in [0.15, 0.2) is 0 Å². The van der Waals surface area contributed by atoms with Crippen LogP contribution in [0.3, 0.4) is 0 Å². The number of carbonyl (C=O) groups is 2. The molecule has 0 saturated carbocycles. The number of aliphatic carboxylic acids is 1. The smallest absolute Gasteiger partial charge is 0.305 e. The topological polar surface area (TPSA) is 83.6 Å². The number of amides is 1. The van der Waals surface area contributed by atoms with Gasteiger partial charge in [0.2, 0.25) is 0 Å². The number of carbonyl (C=O) groups excluding carboxylic acids is 1. The minimum Gasteiger partial charge on any atom is -0.481 e. The number of aromatic nitrogens is 1. The van der Waals surface area contributed by atoms with E-state index in [-0.39, 0.29) is 18.4 Å². The molecule has 0 aliphatic carbocycles. The molecule has 1 aromatic heterocycles. The molecule has 1 aliphatic rings. The van der Waals surface area contributed by atoms with Crippen LogP contribution in [0.25, 0.3) is 11.3 Å². The van der Waals surface area contributed by atoms with Gasteiger partial charge < -0.3 is 14.5 Å². The molecule has 0 radical (unpaired) electrons. The molecule has 1 aromatic carbocycles. The van der Waals surface area contributed by atoms with E-state index in [0.717, 1.165) is 6.42 Å². The lowest BCUT2D eigenvalue weighted by Crippen LogP contribution is -2.37. The Morgan fingerprint density at radius 3 is 2.88 bits per heavy atom. The third-order valence-corrected chi connectivity index (χ3v) is 4.58. The lowest BCUT2D eigenvalue weighted by Gasteiger charge is -2.23. The van der Waals surface area contributed by atoms with Gasteiger partial charge in [-0.2, -0.15) is 0 Å². The molecule has 2 heterocycles. The zero-order valence-electron chi connectivity index (χ0n) is 13.2. The third-order valence-electron chi connectivity index (χ3n) is 4.25. The lowest BCUT2D eigenvalue weighted by molar-refractivity contribution is -0.137. The first-order chi connectivity index (χ1) is 11.5. The summed E-state index contributed by atoms with van der Waals surface area (Å²) in [5.41, 5.74) is 1.36. The summed E-state index contributed by atoms with van der Waals surface area (Å²) >= 11 is 6.22. The van der Waals surface area contributed by atoms with E-state index in [1.54, 1.807) is 30.0 Å². The summed E-state index contributed by atoms with van der Waals surface area (Å²) in [6.45, 7) is 2.20. The molecule has 1 amide bonds. The summed E-state index contributed by atoms with van der Waals surface area (Å²) in [5.74, 6) is -0.767. The first-order valence-electron chi connectivity index (χ1n) is 7.73. The SMILES string of the molecule is Cc1onc(-c2ccccc2Cl)c1C(=O)N1CCCC1CC(=O)O. The molecular formula is C17H17ClN2O4. The number of hydrogen-bond acceptors (Lipinski definition) is 4. The van der Waals surface area contributed by atoms with Crippen LogP contribution < -0.4 is 0 Å². The molecular weight excluding hydrogens is 332 g/mol. The van der Waals surface area contributed by atoms with Gasteiger partial charge in [-0.25, -0.2) is 0 Å². The average molecular weight is 349 g/mol. The summed E-state index contributed by atoms with van der Waals surface area (Å²) in [6.07, 6.45) is 1.41. The van der Waals surface area contributed by atoms with Crippen molar-refractivity contribution in [3.05, 3.63) is 40.6 Å². The highest BCUT2D eigenvalue weighted by molar-refractivity contribution is 6.33. The van der Waals surface area contributed by atoms with Gasteiger partial charge in [-0.15, -0.1) is 0 Å². The third kappa shape index (κ3) is 3.01. The number of halogens is 1. The molecule has 1 atom stereocenters. The Morgan fingerprint density at radius 2 is 2.17 bits per heavy atom. The lowest BCUT2D eigenvalue weighted by atomic mass is 10.0. The average Bonchev–Trinajstić information content (AvgIpc) is 3.13. The van der Waals surface area contributed by atoms with Crippen LogP contribution in [0.5, 0.6) is 0 Å². The predicted octanol–water partition coefficient (Wildman–Crippen LogP) is 3.38. The second kappa shape index (κ2) is 6.65. The van der Waals surface area contributed by atoms with E-state index in [4.69, 9.17) is 21.2 Å². The van der Waals surface area contributed by atoms with Crippen LogP contribution in [0, 0.1) is 6.92 Å². The van der Waals surface area contributed by atoms with Crippen LogP contribution >= 0.6 is 11.6 Å². The van der Waals surface area contributed by atoms with Gasteiger partial charge in [0.1, 0.15) is 17.0 Å². The normalized spacial score (nSPS) is 17.2. The van der Waals surface area contributed by atoms with Gasteiger partial charge in [0, 0.05) is 18.2 Å². The quantitative estimate of drug-likeness (QED) is 0.915. The molecule has 126 valence electrons. The minimum absolute atomic E-state index is 0.0580. The molecule has 0 bridgehead atoms. The van der Waals surface area contributed by atoms with Crippen LogP contribution in [0.15, 0.2) is 28.8 Å². The van der Waals surface area contributed by atoms with Crippen molar-refractivity contribution >= 4 is 23.5 Å². The van der Waals surface area contributed by atoms with Crippen molar-refractivity contribution in [2.75, 3.05) is 6.54 Å². The highest BCUT2D eigenvalue weighted by Crippen LogP contribution is 2.33. The maximum absolute atomic E-state index is 13.0. The van der Waals surface area contributed by atoms with Gasteiger partial charge in [-0.1, -0.05) is 35.0 Å². The summed E-state index contributed by atoms with van der Waals surface area (Å²) in [6, 6.07) is 6.79. The number of carboxylic acid groups (broad SMARTS) is 1. The van der Waals surface area contributed by atoms with Crippen LogP contribution in [0.4, 0.5) is 0 Å². The summed E-state index contributed by atoms with van der Waals surface area (Å²) in [4.78, 5) is 25.6. The van der Waals surface area contributed by atoms with Gasteiger partial charge in [-0.05, 0) is 25.8 Å². The van der Waals surface area contributed by atoms with E-state index in [1.165, 1.54) is 0 Å². The van der Waals surface area contributed by atoms with Crippen molar-refractivity contribution in [2.45, 2.75) is 32.2 Å². The van der Waals surface area contributed by atoms with Crippen LogP contribution in [0.1, 0.15) is 35.4 Å². The number of benzene rings is 1. The van der Waals surface area contributed by atoms with Crippen molar-refractivity contribution in [1.82, 2.24) is 10.1 Å². The number of likely N-dealkylation sites (tertiary alicyclic amines) is 1.